The molecule has 2 N–H and O–H groups in total. The minimum absolute atomic E-state index is 0.125. The van der Waals surface area contributed by atoms with E-state index in [9.17, 15) is 4.79 Å². The standard InChI is InChI=1S/C12H12N2O/c1-9-7-12(15)11(13)8-14(9)10-5-3-2-4-6-10/h2-8H,13H2,1H3. The van der Waals surface area contributed by atoms with Gasteiger partial charge in [-0.1, -0.05) is 18.2 Å². The first-order valence-electron chi connectivity index (χ1n) is 4.72. The Kier molecular flexibility index (Phi) is 2.29. The van der Waals surface area contributed by atoms with E-state index in [1.54, 1.807) is 12.3 Å². The van der Waals surface area contributed by atoms with Crippen molar-refractivity contribution >= 4 is 5.69 Å². The van der Waals surface area contributed by atoms with E-state index >= 15 is 0 Å². The van der Waals surface area contributed by atoms with E-state index in [1.807, 2.05) is 41.8 Å². The summed E-state index contributed by atoms with van der Waals surface area (Å²) in [5.41, 5.74) is 7.61. The smallest absolute Gasteiger partial charge is 0.204 e. The topological polar surface area (TPSA) is 48.0 Å². The number of pyridine rings is 1. The fourth-order valence-corrected chi connectivity index (χ4v) is 1.51. The van der Waals surface area contributed by atoms with Crippen LogP contribution in [0, 0.1) is 6.92 Å². The van der Waals surface area contributed by atoms with Crippen molar-refractivity contribution in [1.29, 1.82) is 0 Å². The Bertz CT molecular complexity index is 529. The number of aromatic nitrogens is 1. The van der Waals surface area contributed by atoms with Crippen LogP contribution in [0.3, 0.4) is 0 Å². The molecule has 0 atom stereocenters. The van der Waals surface area contributed by atoms with Gasteiger partial charge in [-0.2, -0.15) is 0 Å². The summed E-state index contributed by atoms with van der Waals surface area (Å²) >= 11 is 0. The zero-order chi connectivity index (χ0) is 10.8. The van der Waals surface area contributed by atoms with Crippen molar-refractivity contribution in [3.05, 3.63) is 58.5 Å². The number of rotatable bonds is 1. The van der Waals surface area contributed by atoms with Crippen LogP contribution in [0.5, 0.6) is 0 Å². The molecular formula is C12H12N2O. The fraction of sp³-hybridized carbons (Fsp3) is 0.0833. The van der Waals surface area contributed by atoms with Gasteiger partial charge in [-0.05, 0) is 19.1 Å². The van der Waals surface area contributed by atoms with Crippen molar-refractivity contribution in [3.8, 4) is 5.69 Å². The van der Waals surface area contributed by atoms with Crippen molar-refractivity contribution in [2.24, 2.45) is 0 Å². The van der Waals surface area contributed by atoms with Gasteiger partial charge in [0.2, 0.25) is 5.43 Å². The molecule has 1 heterocycles. The monoisotopic (exact) mass is 200 g/mol. The third-order valence-electron chi connectivity index (χ3n) is 2.31. The van der Waals surface area contributed by atoms with Crippen molar-refractivity contribution < 1.29 is 0 Å². The molecule has 0 bridgehead atoms. The lowest BCUT2D eigenvalue weighted by molar-refractivity contribution is 0.977. The van der Waals surface area contributed by atoms with Crippen LogP contribution in [0.15, 0.2) is 47.4 Å². The van der Waals surface area contributed by atoms with Gasteiger partial charge >= 0.3 is 0 Å². The molecule has 15 heavy (non-hydrogen) atoms. The van der Waals surface area contributed by atoms with Crippen molar-refractivity contribution in [3.63, 3.8) is 0 Å². The molecule has 0 radical (unpaired) electrons. The van der Waals surface area contributed by atoms with Crippen molar-refractivity contribution in [2.75, 3.05) is 5.73 Å². The minimum Gasteiger partial charge on any atom is -0.394 e. The second-order valence-electron chi connectivity index (χ2n) is 3.44. The normalized spacial score (nSPS) is 10.2. The molecule has 0 unspecified atom stereocenters. The molecule has 1 aromatic carbocycles. The molecular weight excluding hydrogens is 188 g/mol. The number of para-hydroxylation sites is 1. The molecule has 0 saturated carbocycles. The largest absolute Gasteiger partial charge is 0.394 e. The second-order valence-corrected chi connectivity index (χ2v) is 3.44. The van der Waals surface area contributed by atoms with Gasteiger partial charge in [0.15, 0.2) is 0 Å². The summed E-state index contributed by atoms with van der Waals surface area (Å²) in [5.74, 6) is 0. The van der Waals surface area contributed by atoms with Crippen LogP contribution in [0.25, 0.3) is 5.69 Å². The van der Waals surface area contributed by atoms with Gasteiger partial charge in [0.05, 0.1) is 5.69 Å². The number of hydrogen-bond acceptors (Lipinski definition) is 2. The first kappa shape index (κ1) is 9.52. The first-order chi connectivity index (χ1) is 7.18. The molecule has 2 aromatic rings. The molecule has 0 amide bonds. The summed E-state index contributed by atoms with van der Waals surface area (Å²) in [6.07, 6.45) is 1.66. The summed E-state index contributed by atoms with van der Waals surface area (Å²) in [6, 6.07) is 11.3. The summed E-state index contributed by atoms with van der Waals surface area (Å²) in [7, 11) is 0. The van der Waals surface area contributed by atoms with Gasteiger partial charge in [0, 0.05) is 23.6 Å². The Morgan fingerprint density at radius 3 is 2.53 bits per heavy atom. The van der Waals surface area contributed by atoms with E-state index in [2.05, 4.69) is 0 Å². The Balaban J connectivity index is 2.64. The molecule has 0 saturated heterocycles. The first-order valence-corrected chi connectivity index (χ1v) is 4.72. The van der Waals surface area contributed by atoms with E-state index in [-0.39, 0.29) is 11.1 Å². The highest BCUT2D eigenvalue weighted by molar-refractivity contribution is 5.42. The molecule has 76 valence electrons. The molecule has 3 nitrogen and oxygen atoms in total. The number of nitrogens with zero attached hydrogens (tertiary/aromatic N) is 1. The molecule has 3 heteroatoms. The van der Waals surface area contributed by atoms with Crippen LogP contribution in [0.4, 0.5) is 5.69 Å². The molecule has 0 aliphatic carbocycles. The highest BCUT2D eigenvalue weighted by Gasteiger charge is 2.01. The SMILES string of the molecule is Cc1cc(=O)c(N)cn1-c1ccccc1. The van der Waals surface area contributed by atoms with E-state index in [0.717, 1.165) is 11.4 Å². The van der Waals surface area contributed by atoms with Crippen LogP contribution >= 0.6 is 0 Å². The van der Waals surface area contributed by atoms with Gasteiger partial charge in [-0.3, -0.25) is 4.79 Å². The summed E-state index contributed by atoms with van der Waals surface area (Å²) < 4.78 is 1.90. The maximum Gasteiger partial charge on any atom is 0.204 e. The maximum atomic E-state index is 11.3. The summed E-state index contributed by atoms with van der Waals surface area (Å²) in [5, 5.41) is 0. The number of anilines is 1. The number of hydrogen-bond donors (Lipinski definition) is 1. The third kappa shape index (κ3) is 1.76. The Labute approximate surface area is 87.8 Å². The molecule has 0 spiro atoms. The Morgan fingerprint density at radius 2 is 1.87 bits per heavy atom. The number of benzene rings is 1. The zero-order valence-corrected chi connectivity index (χ0v) is 8.47. The van der Waals surface area contributed by atoms with Gasteiger partial charge in [-0.15, -0.1) is 0 Å². The van der Waals surface area contributed by atoms with E-state index in [4.69, 9.17) is 5.73 Å². The third-order valence-corrected chi connectivity index (χ3v) is 2.31. The number of nitrogens with two attached hydrogens (primary N) is 1. The van der Waals surface area contributed by atoms with Gasteiger partial charge in [0.1, 0.15) is 0 Å². The van der Waals surface area contributed by atoms with Crippen molar-refractivity contribution in [1.82, 2.24) is 4.57 Å². The molecule has 0 aliphatic heterocycles. The van der Waals surface area contributed by atoms with E-state index in [0.29, 0.717) is 0 Å². The number of aryl methyl sites for hydroxylation is 1. The highest BCUT2D eigenvalue weighted by atomic mass is 16.1. The maximum absolute atomic E-state index is 11.3. The van der Waals surface area contributed by atoms with E-state index < -0.39 is 0 Å². The lowest BCUT2D eigenvalue weighted by Crippen LogP contribution is -2.12. The van der Waals surface area contributed by atoms with Crippen LogP contribution in [0.1, 0.15) is 5.69 Å². The predicted octanol–water partition coefficient (Wildman–Crippen LogP) is 1.73. The van der Waals surface area contributed by atoms with Gasteiger partial charge < -0.3 is 10.3 Å². The molecule has 2 rings (SSSR count). The fourth-order valence-electron chi connectivity index (χ4n) is 1.51. The number of nitrogen functional groups attached to an aromatic ring is 1. The molecule has 0 fully saturated rings. The van der Waals surface area contributed by atoms with Gasteiger partial charge in [-0.25, -0.2) is 0 Å². The lowest BCUT2D eigenvalue weighted by atomic mass is 10.2. The second kappa shape index (κ2) is 3.61. The lowest BCUT2D eigenvalue weighted by Gasteiger charge is -2.10. The van der Waals surface area contributed by atoms with Crippen LogP contribution < -0.4 is 11.2 Å². The van der Waals surface area contributed by atoms with Crippen LogP contribution in [0.2, 0.25) is 0 Å². The highest BCUT2D eigenvalue weighted by Crippen LogP contribution is 2.10. The minimum atomic E-state index is -0.125. The zero-order valence-electron chi connectivity index (χ0n) is 8.47. The average molecular weight is 200 g/mol. The Morgan fingerprint density at radius 1 is 1.20 bits per heavy atom. The molecule has 0 aliphatic rings. The van der Waals surface area contributed by atoms with Crippen molar-refractivity contribution in [2.45, 2.75) is 6.92 Å². The Hall–Kier alpha value is -2.03. The average Bonchev–Trinajstić information content (AvgIpc) is 2.25. The quantitative estimate of drug-likeness (QED) is 0.762. The van der Waals surface area contributed by atoms with Crippen LogP contribution in [-0.2, 0) is 0 Å². The van der Waals surface area contributed by atoms with E-state index in [1.165, 1.54) is 0 Å². The predicted molar refractivity (Wildman–Crippen MR) is 61.2 cm³/mol. The van der Waals surface area contributed by atoms with Gasteiger partial charge in [0.25, 0.3) is 0 Å². The summed E-state index contributed by atoms with van der Waals surface area (Å²) in [6.45, 7) is 1.88. The molecule has 1 aromatic heterocycles. The van der Waals surface area contributed by atoms with Crippen LogP contribution in [-0.4, -0.2) is 4.57 Å². The summed E-state index contributed by atoms with van der Waals surface area (Å²) in [4.78, 5) is 11.3.